The fourth-order valence-corrected chi connectivity index (χ4v) is 2.90. The maximum atomic E-state index is 2.63. The van der Waals surface area contributed by atoms with Crippen LogP contribution in [0.1, 0.15) is 6.92 Å². The van der Waals surface area contributed by atoms with Crippen molar-refractivity contribution < 1.29 is 0 Å². The molecule has 2 aliphatic rings. The van der Waals surface area contributed by atoms with E-state index in [1.165, 1.54) is 45.8 Å². The van der Waals surface area contributed by atoms with Crippen LogP contribution in [0.5, 0.6) is 0 Å². The molecule has 0 amide bonds. The molecular formula is C11H23N3. The van der Waals surface area contributed by atoms with E-state index in [9.17, 15) is 0 Å². The summed E-state index contributed by atoms with van der Waals surface area (Å²) in [6.45, 7) is 11.3. The van der Waals surface area contributed by atoms with Gasteiger partial charge in [0.05, 0.1) is 0 Å². The van der Waals surface area contributed by atoms with E-state index in [0.29, 0.717) is 5.41 Å². The van der Waals surface area contributed by atoms with Crippen molar-refractivity contribution in [3.05, 3.63) is 0 Å². The number of hydrogen-bond acceptors (Lipinski definition) is 3. The average molecular weight is 197 g/mol. The van der Waals surface area contributed by atoms with Crippen molar-refractivity contribution in [3.63, 3.8) is 0 Å². The quantitative estimate of drug-likeness (QED) is 0.625. The van der Waals surface area contributed by atoms with Crippen molar-refractivity contribution in [2.75, 3.05) is 59.9 Å². The molecule has 14 heavy (non-hydrogen) atoms. The van der Waals surface area contributed by atoms with E-state index in [1.807, 2.05) is 0 Å². The van der Waals surface area contributed by atoms with E-state index in [1.54, 1.807) is 0 Å². The second-order valence-electron chi connectivity index (χ2n) is 5.56. The molecule has 0 bridgehead atoms. The molecule has 0 atom stereocenters. The van der Waals surface area contributed by atoms with Crippen LogP contribution >= 0.6 is 0 Å². The van der Waals surface area contributed by atoms with Crippen molar-refractivity contribution in [1.29, 1.82) is 0 Å². The lowest BCUT2D eigenvalue weighted by Gasteiger charge is -2.49. The van der Waals surface area contributed by atoms with Crippen LogP contribution < -0.4 is 0 Å². The fourth-order valence-electron chi connectivity index (χ4n) is 2.90. The van der Waals surface area contributed by atoms with Gasteiger partial charge in [0.2, 0.25) is 0 Å². The summed E-state index contributed by atoms with van der Waals surface area (Å²) < 4.78 is 0. The van der Waals surface area contributed by atoms with Crippen molar-refractivity contribution in [2.24, 2.45) is 5.41 Å². The zero-order valence-electron chi connectivity index (χ0n) is 9.79. The fraction of sp³-hybridized carbons (Fsp3) is 1.00. The minimum Gasteiger partial charge on any atom is -0.305 e. The molecular weight excluding hydrogens is 174 g/mol. The van der Waals surface area contributed by atoms with E-state index in [2.05, 4.69) is 35.7 Å². The lowest BCUT2D eigenvalue weighted by Crippen LogP contribution is -2.59. The smallest absolute Gasteiger partial charge is 0.0110 e. The summed E-state index contributed by atoms with van der Waals surface area (Å²) >= 11 is 0. The molecule has 2 heterocycles. The lowest BCUT2D eigenvalue weighted by atomic mass is 9.82. The van der Waals surface area contributed by atoms with Gasteiger partial charge in [-0.05, 0) is 14.1 Å². The molecule has 2 rings (SSSR count). The van der Waals surface area contributed by atoms with E-state index in [0.717, 1.165) is 0 Å². The number of hydrogen-bond donors (Lipinski definition) is 0. The Morgan fingerprint density at radius 2 is 1.50 bits per heavy atom. The Labute approximate surface area is 87.7 Å². The van der Waals surface area contributed by atoms with E-state index in [-0.39, 0.29) is 0 Å². The minimum atomic E-state index is 0.574. The van der Waals surface area contributed by atoms with Gasteiger partial charge < -0.3 is 14.7 Å². The molecule has 0 saturated carbocycles. The molecule has 0 spiro atoms. The Kier molecular flexibility index (Phi) is 2.82. The second-order valence-corrected chi connectivity index (χ2v) is 5.56. The number of rotatable bonds is 2. The van der Waals surface area contributed by atoms with Gasteiger partial charge in [-0.15, -0.1) is 0 Å². The number of likely N-dealkylation sites (N-methyl/N-ethyl adjacent to an activating group) is 1. The third-order valence-electron chi connectivity index (χ3n) is 3.50. The summed E-state index contributed by atoms with van der Waals surface area (Å²) in [5.41, 5.74) is 0.574. The molecule has 2 fully saturated rings. The predicted octanol–water partition coefficient (Wildman–Crippen LogP) is 0.186. The molecule has 82 valence electrons. The highest BCUT2D eigenvalue weighted by atomic mass is 15.3. The van der Waals surface area contributed by atoms with Crippen LogP contribution in [0.25, 0.3) is 0 Å². The molecule has 0 aromatic heterocycles. The molecule has 0 unspecified atom stereocenters. The first-order valence-electron chi connectivity index (χ1n) is 5.67. The van der Waals surface area contributed by atoms with Crippen LogP contribution in [-0.4, -0.2) is 74.6 Å². The molecule has 0 N–H and O–H groups in total. The van der Waals surface area contributed by atoms with Gasteiger partial charge in [0.15, 0.2) is 0 Å². The molecule has 0 aromatic rings. The van der Waals surface area contributed by atoms with Gasteiger partial charge in [0, 0.05) is 51.2 Å². The Balaban J connectivity index is 1.75. The monoisotopic (exact) mass is 197 g/mol. The van der Waals surface area contributed by atoms with Crippen LogP contribution in [0.3, 0.4) is 0 Å². The third kappa shape index (κ3) is 2.27. The van der Waals surface area contributed by atoms with Crippen molar-refractivity contribution in [3.8, 4) is 0 Å². The van der Waals surface area contributed by atoms with Gasteiger partial charge in [-0.2, -0.15) is 0 Å². The number of piperazine rings is 1. The molecule has 2 aliphatic heterocycles. The topological polar surface area (TPSA) is 9.72 Å². The van der Waals surface area contributed by atoms with Crippen molar-refractivity contribution in [1.82, 2.24) is 14.7 Å². The minimum absolute atomic E-state index is 0.574. The SMILES string of the molecule is CN1CCN(CC2(C)CN(C)C2)CC1. The summed E-state index contributed by atoms with van der Waals surface area (Å²) in [4.78, 5) is 7.47. The van der Waals surface area contributed by atoms with Gasteiger partial charge in [-0.1, -0.05) is 6.92 Å². The molecule has 0 radical (unpaired) electrons. The normalized spacial score (nSPS) is 30.2. The van der Waals surface area contributed by atoms with Crippen LogP contribution in [0.2, 0.25) is 0 Å². The Morgan fingerprint density at radius 3 is 2.00 bits per heavy atom. The van der Waals surface area contributed by atoms with Crippen LogP contribution in [0.4, 0.5) is 0 Å². The average Bonchev–Trinajstić information content (AvgIpc) is 2.07. The summed E-state index contributed by atoms with van der Waals surface area (Å²) in [5, 5.41) is 0. The zero-order valence-corrected chi connectivity index (χ0v) is 9.79. The third-order valence-corrected chi connectivity index (χ3v) is 3.50. The van der Waals surface area contributed by atoms with Crippen LogP contribution in [0.15, 0.2) is 0 Å². The zero-order chi connectivity index (χ0) is 10.2. The predicted molar refractivity (Wildman–Crippen MR) is 59.5 cm³/mol. The lowest BCUT2D eigenvalue weighted by molar-refractivity contribution is -0.00450. The molecule has 3 nitrogen and oxygen atoms in total. The van der Waals surface area contributed by atoms with Gasteiger partial charge in [-0.3, -0.25) is 0 Å². The van der Waals surface area contributed by atoms with Crippen LogP contribution in [-0.2, 0) is 0 Å². The maximum Gasteiger partial charge on any atom is 0.0110 e. The summed E-state index contributed by atoms with van der Waals surface area (Å²) in [6, 6.07) is 0. The van der Waals surface area contributed by atoms with Crippen molar-refractivity contribution in [2.45, 2.75) is 6.92 Å². The Morgan fingerprint density at radius 1 is 0.929 bits per heavy atom. The van der Waals surface area contributed by atoms with Gasteiger partial charge >= 0.3 is 0 Å². The first-order chi connectivity index (χ1) is 6.57. The first-order valence-corrected chi connectivity index (χ1v) is 5.67. The maximum absolute atomic E-state index is 2.63. The summed E-state index contributed by atoms with van der Waals surface area (Å²) in [6.07, 6.45) is 0. The molecule has 3 heteroatoms. The Hall–Kier alpha value is -0.120. The van der Waals surface area contributed by atoms with E-state index >= 15 is 0 Å². The highest BCUT2D eigenvalue weighted by molar-refractivity contribution is 4.92. The van der Waals surface area contributed by atoms with Crippen LogP contribution in [0, 0.1) is 5.41 Å². The summed E-state index contributed by atoms with van der Waals surface area (Å²) in [5.74, 6) is 0. The molecule has 0 aliphatic carbocycles. The van der Waals surface area contributed by atoms with Gasteiger partial charge in [0.25, 0.3) is 0 Å². The van der Waals surface area contributed by atoms with E-state index < -0.39 is 0 Å². The Bertz CT molecular complexity index is 191. The molecule has 0 aromatic carbocycles. The second kappa shape index (κ2) is 3.80. The van der Waals surface area contributed by atoms with Gasteiger partial charge in [0.1, 0.15) is 0 Å². The summed E-state index contributed by atoms with van der Waals surface area (Å²) in [7, 11) is 4.43. The highest BCUT2D eigenvalue weighted by Crippen LogP contribution is 2.29. The standard InChI is InChI=1S/C11H23N3/c1-11(8-13(3)9-11)10-14-6-4-12(2)5-7-14/h4-10H2,1-3H3. The highest BCUT2D eigenvalue weighted by Gasteiger charge is 2.37. The molecule has 2 saturated heterocycles. The van der Waals surface area contributed by atoms with E-state index in [4.69, 9.17) is 0 Å². The largest absolute Gasteiger partial charge is 0.305 e. The number of likely N-dealkylation sites (tertiary alicyclic amines) is 1. The van der Waals surface area contributed by atoms with Crippen molar-refractivity contribution >= 4 is 0 Å². The first kappa shape index (κ1) is 10.4. The number of nitrogens with zero attached hydrogens (tertiary/aromatic N) is 3. The van der Waals surface area contributed by atoms with Gasteiger partial charge in [-0.25, -0.2) is 0 Å².